The number of pyridine rings is 1. The van der Waals surface area contributed by atoms with Crippen LogP contribution >= 0.6 is 0 Å². The van der Waals surface area contributed by atoms with Gasteiger partial charge in [-0.1, -0.05) is 12.1 Å². The smallest absolute Gasteiger partial charge is 0.262 e. The molecule has 1 atom stereocenters. The number of amides is 5. The van der Waals surface area contributed by atoms with Gasteiger partial charge in [-0.3, -0.25) is 44.1 Å². The minimum absolute atomic E-state index is 0.0365. The number of halogens is 1. The Morgan fingerprint density at radius 2 is 1.56 bits per heavy atom. The lowest BCUT2D eigenvalue weighted by molar-refractivity contribution is -0.136. The zero-order chi connectivity index (χ0) is 46.0. The molecular weight excluding hydrogens is 842 g/mol. The van der Waals surface area contributed by atoms with Crippen molar-refractivity contribution in [3.63, 3.8) is 0 Å². The lowest BCUT2D eigenvalue weighted by atomic mass is 9.96. The third-order valence-corrected chi connectivity index (χ3v) is 12.9. The Labute approximate surface area is 379 Å². The highest BCUT2D eigenvalue weighted by molar-refractivity contribution is 6.24. The molecule has 334 valence electrons. The second-order valence-electron chi connectivity index (χ2n) is 17.7. The number of piperazine rings is 1. The third kappa shape index (κ3) is 7.82. The van der Waals surface area contributed by atoms with Crippen molar-refractivity contribution in [2.45, 2.75) is 78.4 Å². The fourth-order valence-electron chi connectivity index (χ4n) is 9.55. The van der Waals surface area contributed by atoms with E-state index in [1.54, 1.807) is 12.1 Å². The number of hydrogen-bond donors (Lipinski definition) is 1. The molecule has 3 aromatic heterocycles. The van der Waals surface area contributed by atoms with Crippen LogP contribution in [0.4, 0.5) is 15.8 Å². The Hall–Kier alpha value is -7.40. The number of rotatable bonds is 8. The first kappa shape index (κ1) is 42.5. The van der Waals surface area contributed by atoms with E-state index in [2.05, 4.69) is 48.8 Å². The maximum atomic E-state index is 15.2. The summed E-state index contributed by atoms with van der Waals surface area (Å²) in [6, 6.07) is 15.6. The number of fused-ring (bicyclic) bond motifs is 4. The molecule has 5 amide bonds. The maximum absolute atomic E-state index is 15.2. The van der Waals surface area contributed by atoms with E-state index in [1.807, 2.05) is 61.3 Å². The molecule has 4 aliphatic heterocycles. The van der Waals surface area contributed by atoms with Crippen LogP contribution in [0.5, 0.6) is 0 Å². The van der Waals surface area contributed by atoms with E-state index >= 15 is 4.39 Å². The SMILES string of the molecule is Cc1cc(-c2nc(Cc3ccc(CN4CCN(C(=O)c5ccc6c(c5)N=Nc5cc7c(cc5CC6)C(=O)N(C5CCC(=O)NC5=O)C7=O)CC4)cn3)ncc2F)cc2c1nc(C)n2C(C)C. The molecule has 0 spiro atoms. The Morgan fingerprint density at radius 3 is 2.29 bits per heavy atom. The van der Waals surface area contributed by atoms with Crippen LogP contribution in [0.1, 0.15) is 103 Å². The summed E-state index contributed by atoms with van der Waals surface area (Å²) in [4.78, 5) is 88.3. The zero-order valence-corrected chi connectivity index (χ0v) is 37.0. The number of carbonyl (C=O) groups excluding carboxylic acids is 5. The number of benzene rings is 3. The van der Waals surface area contributed by atoms with Gasteiger partial charge in [-0.25, -0.2) is 19.3 Å². The number of imide groups is 2. The van der Waals surface area contributed by atoms with Crippen LogP contribution in [0.3, 0.4) is 0 Å². The van der Waals surface area contributed by atoms with Gasteiger partial charge in [0.25, 0.3) is 17.7 Å². The number of piperidine rings is 1. The van der Waals surface area contributed by atoms with Crippen molar-refractivity contribution >= 4 is 51.9 Å². The summed E-state index contributed by atoms with van der Waals surface area (Å²) < 4.78 is 17.4. The van der Waals surface area contributed by atoms with Gasteiger partial charge in [0.15, 0.2) is 5.82 Å². The van der Waals surface area contributed by atoms with E-state index in [-0.39, 0.29) is 41.6 Å². The molecule has 17 heteroatoms. The molecule has 1 unspecified atom stereocenters. The van der Waals surface area contributed by atoms with Gasteiger partial charge < -0.3 is 9.47 Å². The Balaban J connectivity index is 0.759. The first-order chi connectivity index (χ1) is 31.8. The van der Waals surface area contributed by atoms with Gasteiger partial charge >= 0.3 is 0 Å². The van der Waals surface area contributed by atoms with Gasteiger partial charge in [-0.2, -0.15) is 10.2 Å². The standard InChI is InChI=1S/C49H46FN11O5/c1-26(2)60-28(4)53-44-27(3)17-33(20-41(44)60)45-37(50)24-52-42(54-45)21-34-10-5-29(23-51-34)25-58-13-15-59(16-14-58)47(64)32-9-7-30-6-8-31-18-35-36(22-39(31)57-56-38(30)19-32)49(66)61(48(35)65)40-11-12-43(62)55-46(40)63/h5,7,9-10,17-20,22-24,26,40H,6,8,11-16,21,25H2,1-4H3,(H,55,62,63). The summed E-state index contributed by atoms with van der Waals surface area (Å²) in [5.41, 5.74) is 8.96. The minimum atomic E-state index is -1.06. The molecule has 16 nitrogen and oxygen atoms in total. The van der Waals surface area contributed by atoms with Gasteiger partial charge in [0.2, 0.25) is 11.8 Å². The summed E-state index contributed by atoms with van der Waals surface area (Å²) in [5, 5.41) is 11.2. The Morgan fingerprint density at radius 1 is 0.818 bits per heavy atom. The number of nitrogens with zero attached hydrogens (tertiary/aromatic N) is 10. The van der Waals surface area contributed by atoms with E-state index in [4.69, 9.17) is 9.97 Å². The quantitative estimate of drug-likeness (QED) is 0.161. The molecule has 6 aromatic rings. The van der Waals surface area contributed by atoms with Crippen LogP contribution in [0.15, 0.2) is 77.2 Å². The number of imidazole rings is 1. The Bertz CT molecular complexity index is 3060. The molecule has 0 aliphatic carbocycles. The first-order valence-corrected chi connectivity index (χ1v) is 22.2. The lowest BCUT2D eigenvalue weighted by Crippen LogP contribution is -2.54. The van der Waals surface area contributed by atoms with Crippen LogP contribution in [-0.2, 0) is 35.4 Å². The molecule has 10 rings (SSSR count). The van der Waals surface area contributed by atoms with Crippen molar-refractivity contribution in [3.05, 3.63) is 129 Å². The monoisotopic (exact) mass is 887 g/mol. The molecule has 7 heterocycles. The summed E-state index contributed by atoms with van der Waals surface area (Å²) >= 11 is 0. The van der Waals surface area contributed by atoms with E-state index in [0.717, 1.165) is 49.7 Å². The molecule has 2 fully saturated rings. The predicted molar refractivity (Wildman–Crippen MR) is 240 cm³/mol. The lowest BCUT2D eigenvalue weighted by Gasteiger charge is -2.34. The largest absolute Gasteiger partial charge is 0.336 e. The molecule has 0 radical (unpaired) electrons. The third-order valence-electron chi connectivity index (χ3n) is 12.9. The predicted octanol–water partition coefficient (Wildman–Crippen LogP) is 6.69. The molecule has 1 N–H and O–H groups in total. The fraction of sp³-hybridized carbons (Fsp3) is 0.327. The van der Waals surface area contributed by atoms with E-state index in [1.165, 1.54) is 12.3 Å². The van der Waals surface area contributed by atoms with E-state index in [0.29, 0.717) is 80.3 Å². The van der Waals surface area contributed by atoms with Crippen molar-refractivity contribution in [3.8, 4) is 11.3 Å². The van der Waals surface area contributed by atoms with Gasteiger partial charge in [-0.05, 0) is 112 Å². The van der Waals surface area contributed by atoms with Crippen molar-refractivity contribution in [2.24, 2.45) is 10.2 Å². The molecule has 0 saturated carbocycles. The summed E-state index contributed by atoms with van der Waals surface area (Å²) in [6.07, 6.45) is 4.59. The van der Waals surface area contributed by atoms with Crippen LogP contribution in [0.2, 0.25) is 0 Å². The molecule has 4 aliphatic rings. The number of hydrogen-bond acceptors (Lipinski definition) is 12. The van der Waals surface area contributed by atoms with Crippen molar-refractivity contribution in [2.75, 3.05) is 26.2 Å². The van der Waals surface area contributed by atoms with Gasteiger partial charge in [0, 0.05) is 68.2 Å². The summed E-state index contributed by atoms with van der Waals surface area (Å²) in [7, 11) is 0. The van der Waals surface area contributed by atoms with Crippen molar-refractivity contribution in [1.82, 2.24) is 44.5 Å². The number of aromatic nitrogens is 5. The normalized spacial score (nSPS) is 17.5. The topological polar surface area (TPSA) is 188 Å². The second-order valence-corrected chi connectivity index (χ2v) is 17.7. The van der Waals surface area contributed by atoms with E-state index in [9.17, 15) is 24.0 Å². The maximum Gasteiger partial charge on any atom is 0.262 e. The van der Waals surface area contributed by atoms with E-state index < -0.39 is 35.5 Å². The number of azo groups is 1. The van der Waals surface area contributed by atoms with Gasteiger partial charge in [-0.15, -0.1) is 0 Å². The fourth-order valence-corrected chi connectivity index (χ4v) is 9.55. The van der Waals surface area contributed by atoms with Crippen LogP contribution in [0.25, 0.3) is 22.3 Å². The van der Waals surface area contributed by atoms with Gasteiger partial charge in [0.1, 0.15) is 23.4 Å². The van der Waals surface area contributed by atoms with Crippen molar-refractivity contribution < 1.29 is 28.4 Å². The molecule has 66 heavy (non-hydrogen) atoms. The van der Waals surface area contributed by atoms with Crippen LogP contribution in [0, 0.1) is 19.7 Å². The highest BCUT2D eigenvalue weighted by Crippen LogP contribution is 2.37. The molecule has 2 saturated heterocycles. The van der Waals surface area contributed by atoms with Gasteiger partial charge in [0.05, 0.1) is 46.2 Å². The number of carbonyl (C=O) groups is 5. The minimum Gasteiger partial charge on any atom is -0.336 e. The number of aryl methyl sites for hydroxylation is 4. The van der Waals surface area contributed by atoms with Crippen molar-refractivity contribution in [1.29, 1.82) is 0 Å². The highest BCUT2D eigenvalue weighted by Gasteiger charge is 2.45. The molecular formula is C49H46FN11O5. The van der Waals surface area contributed by atoms with Crippen LogP contribution in [-0.4, -0.2) is 101 Å². The molecule has 0 bridgehead atoms. The van der Waals surface area contributed by atoms with Crippen LogP contribution < -0.4 is 5.32 Å². The molecule has 3 aromatic carbocycles. The Kier molecular flexibility index (Phi) is 10.9. The zero-order valence-electron chi connectivity index (χ0n) is 37.0. The average Bonchev–Trinajstić information content (AvgIpc) is 3.76. The summed E-state index contributed by atoms with van der Waals surface area (Å²) in [5.74, 6) is -1.49. The number of nitrogens with one attached hydrogen (secondary N) is 1. The first-order valence-electron chi connectivity index (χ1n) is 22.2. The summed E-state index contributed by atoms with van der Waals surface area (Å²) in [6.45, 7) is 11.3. The average molecular weight is 888 g/mol. The second kappa shape index (κ2) is 16.9. The highest BCUT2D eigenvalue weighted by atomic mass is 19.1.